The van der Waals surface area contributed by atoms with Crippen LogP contribution >= 0.6 is 0 Å². The van der Waals surface area contributed by atoms with Gasteiger partial charge in [0.1, 0.15) is 0 Å². The van der Waals surface area contributed by atoms with E-state index in [0.29, 0.717) is 11.8 Å². The van der Waals surface area contributed by atoms with Gasteiger partial charge in [-0.1, -0.05) is 92.8 Å². The van der Waals surface area contributed by atoms with Crippen molar-refractivity contribution in [1.82, 2.24) is 0 Å². The summed E-state index contributed by atoms with van der Waals surface area (Å²) in [5, 5.41) is 0. The average molecular weight is 345 g/mol. The quantitative estimate of drug-likeness (QED) is 0.406. The number of aryl methyl sites for hydroxylation is 1. The fourth-order valence-electron chi connectivity index (χ4n) is 3.41. The van der Waals surface area contributed by atoms with Gasteiger partial charge in [-0.2, -0.15) is 0 Å². The van der Waals surface area contributed by atoms with E-state index in [1.807, 2.05) is 0 Å². The smallest absolute Gasteiger partial charge is 0.0154 e. The Morgan fingerprint density at radius 2 is 1.77 bits per heavy atom. The van der Waals surface area contributed by atoms with E-state index >= 15 is 0 Å². The highest BCUT2D eigenvalue weighted by Crippen LogP contribution is 2.25. The van der Waals surface area contributed by atoms with Crippen LogP contribution in [0.25, 0.3) is 17.2 Å². The molecule has 0 heteroatoms. The fourth-order valence-corrected chi connectivity index (χ4v) is 3.41. The standard InChI is InChI=1S/C26H32/c1-6-23(18-21(4)17-20(2)3)11-10-12-24-15-16-26(22(5)19-24)25-13-8-7-9-14-25/h6-10,12-16,19-20,23H,1,4,11,17-18H2,2-3,5H3/b12-10+. The van der Waals surface area contributed by atoms with E-state index < -0.39 is 0 Å². The lowest BCUT2D eigenvalue weighted by atomic mass is 9.92. The molecular weight excluding hydrogens is 312 g/mol. The summed E-state index contributed by atoms with van der Waals surface area (Å²) in [5.74, 6) is 1.15. The van der Waals surface area contributed by atoms with Crippen molar-refractivity contribution >= 4 is 6.08 Å². The lowest BCUT2D eigenvalue weighted by molar-refractivity contribution is 0.580. The second-order valence-corrected chi connectivity index (χ2v) is 7.63. The maximum Gasteiger partial charge on any atom is -0.0154 e. The molecule has 0 aromatic heterocycles. The third-order valence-corrected chi connectivity index (χ3v) is 4.67. The summed E-state index contributed by atoms with van der Waals surface area (Å²) < 4.78 is 0. The highest BCUT2D eigenvalue weighted by atomic mass is 14.1. The van der Waals surface area contributed by atoms with Gasteiger partial charge < -0.3 is 0 Å². The van der Waals surface area contributed by atoms with E-state index in [0.717, 1.165) is 19.3 Å². The van der Waals surface area contributed by atoms with Gasteiger partial charge in [0.05, 0.1) is 0 Å². The monoisotopic (exact) mass is 344 g/mol. The van der Waals surface area contributed by atoms with Crippen LogP contribution in [0.1, 0.15) is 44.2 Å². The molecule has 0 aliphatic heterocycles. The molecule has 1 unspecified atom stereocenters. The largest absolute Gasteiger partial charge is 0.103 e. The second kappa shape index (κ2) is 9.97. The Kier molecular flexibility index (Phi) is 7.66. The molecular formula is C26H32. The van der Waals surface area contributed by atoms with Crippen molar-refractivity contribution in [2.75, 3.05) is 0 Å². The zero-order valence-electron chi connectivity index (χ0n) is 16.5. The minimum absolute atomic E-state index is 0.474. The zero-order valence-corrected chi connectivity index (χ0v) is 16.5. The molecule has 0 spiro atoms. The Balaban J connectivity index is 1.98. The molecule has 0 amide bonds. The molecule has 0 bridgehead atoms. The first-order chi connectivity index (χ1) is 12.5. The number of hydrogen-bond acceptors (Lipinski definition) is 0. The first kappa shape index (κ1) is 20.0. The normalized spacial score (nSPS) is 12.5. The topological polar surface area (TPSA) is 0 Å². The predicted molar refractivity (Wildman–Crippen MR) is 117 cm³/mol. The average Bonchev–Trinajstić information content (AvgIpc) is 2.61. The van der Waals surface area contributed by atoms with Crippen molar-refractivity contribution < 1.29 is 0 Å². The molecule has 1 atom stereocenters. The van der Waals surface area contributed by atoms with Gasteiger partial charge in [-0.05, 0) is 60.3 Å². The maximum atomic E-state index is 4.23. The first-order valence-electron chi connectivity index (χ1n) is 9.61. The third-order valence-electron chi connectivity index (χ3n) is 4.67. The summed E-state index contributed by atoms with van der Waals surface area (Å²) in [5.41, 5.74) is 6.48. The molecule has 0 saturated carbocycles. The Morgan fingerprint density at radius 1 is 1.04 bits per heavy atom. The van der Waals surface area contributed by atoms with Gasteiger partial charge in [-0.3, -0.25) is 0 Å². The van der Waals surface area contributed by atoms with Crippen molar-refractivity contribution in [2.24, 2.45) is 11.8 Å². The van der Waals surface area contributed by atoms with E-state index in [1.54, 1.807) is 0 Å². The summed E-state index contributed by atoms with van der Waals surface area (Å²) >= 11 is 0. The van der Waals surface area contributed by atoms with Gasteiger partial charge in [0.15, 0.2) is 0 Å². The summed E-state index contributed by atoms with van der Waals surface area (Å²) in [7, 11) is 0. The summed E-state index contributed by atoms with van der Waals surface area (Å²) in [6, 6.07) is 17.2. The molecule has 0 N–H and O–H groups in total. The Hall–Kier alpha value is -2.34. The molecule has 0 fully saturated rings. The summed E-state index contributed by atoms with van der Waals surface area (Å²) in [4.78, 5) is 0. The van der Waals surface area contributed by atoms with Crippen LogP contribution in [-0.2, 0) is 0 Å². The van der Waals surface area contributed by atoms with Crippen LogP contribution in [0.15, 0.2) is 79.4 Å². The van der Waals surface area contributed by atoms with E-state index in [-0.39, 0.29) is 0 Å². The first-order valence-corrected chi connectivity index (χ1v) is 9.61. The summed E-state index contributed by atoms with van der Waals surface area (Å²) in [6.07, 6.45) is 9.72. The van der Waals surface area contributed by atoms with E-state index in [4.69, 9.17) is 0 Å². The molecule has 0 saturated heterocycles. The minimum atomic E-state index is 0.474. The molecule has 136 valence electrons. The Labute approximate surface area is 160 Å². The molecule has 2 aromatic rings. The summed E-state index contributed by atoms with van der Waals surface area (Å²) in [6.45, 7) is 14.9. The highest BCUT2D eigenvalue weighted by molar-refractivity contribution is 5.69. The Morgan fingerprint density at radius 3 is 2.38 bits per heavy atom. The molecule has 26 heavy (non-hydrogen) atoms. The van der Waals surface area contributed by atoms with Crippen molar-refractivity contribution in [1.29, 1.82) is 0 Å². The molecule has 0 nitrogen and oxygen atoms in total. The van der Waals surface area contributed by atoms with Crippen LogP contribution in [-0.4, -0.2) is 0 Å². The van der Waals surface area contributed by atoms with Crippen molar-refractivity contribution in [2.45, 2.75) is 40.0 Å². The van der Waals surface area contributed by atoms with E-state index in [9.17, 15) is 0 Å². The number of benzene rings is 2. The molecule has 2 aromatic carbocycles. The van der Waals surface area contributed by atoms with Gasteiger partial charge in [-0.25, -0.2) is 0 Å². The van der Waals surface area contributed by atoms with E-state index in [2.05, 4.69) is 101 Å². The van der Waals surface area contributed by atoms with Gasteiger partial charge in [0.2, 0.25) is 0 Å². The Bertz CT molecular complexity index is 747. The van der Waals surface area contributed by atoms with E-state index in [1.165, 1.54) is 27.8 Å². The van der Waals surface area contributed by atoms with Gasteiger partial charge >= 0.3 is 0 Å². The highest BCUT2D eigenvalue weighted by Gasteiger charge is 2.07. The van der Waals surface area contributed by atoms with Gasteiger partial charge in [-0.15, -0.1) is 6.58 Å². The predicted octanol–water partition coefficient (Wildman–Crippen LogP) is 7.86. The molecule has 0 radical (unpaired) electrons. The lowest BCUT2D eigenvalue weighted by Gasteiger charge is -2.14. The maximum absolute atomic E-state index is 4.23. The number of hydrogen-bond donors (Lipinski definition) is 0. The van der Waals surface area contributed by atoms with Crippen LogP contribution < -0.4 is 0 Å². The molecule has 0 aliphatic rings. The van der Waals surface area contributed by atoms with Crippen molar-refractivity contribution in [3.8, 4) is 11.1 Å². The van der Waals surface area contributed by atoms with Crippen LogP contribution in [0.3, 0.4) is 0 Å². The number of rotatable bonds is 9. The van der Waals surface area contributed by atoms with Crippen LogP contribution in [0, 0.1) is 18.8 Å². The molecule has 2 rings (SSSR count). The SMILES string of the molecule is C=CC(C/C=C/c1ccc(-c2ccccc2)c(C)c1)CC(=C)CC(C)C. The fraction of sp³-hybridized carbons (Fsp3) is 0.308. The van der Waals surface area contributed by atoms with Gasteiger partial charge in [0, 0.05) is 0 Å². The van der Waals surface area contributed by atoms with Gasteiger partial charge in [0.25, 0.3) is 0 Å². The molecule has 0 heterocycles. The van der Waals surface area contributed by atoms with Crippen LogP contribution in [0.5, 0.6) is 0 Å². The van der Waals surface area contributed by atoms with Crippen molar-refractivity contribution in [3.63, 3.8) is 0 Å². The molecule has 0 aliphatic carbocycles. The van der Waals surface area contributed by atoms with Crippen LogP contribution in [0.2, 0.25) is 0 Å². The second-order valence-electron chi connectivity index (χ2n) is 7.63. The third kappa shape index (κ3) is 6.19. The number of allylic oxidation sites excluding steroid dienone is 3. The lowest BCUT2D eigenvalue weighted by Crippen LogP contribution is -1.99. The van der Waals surface area contributed by atoms with Crippen molar-refractivity contribution in [3.05, 3.63) is 90.5 Å². The minimum Gasteiger partial charge on any atom is -0.103 e. The van der Waals surface area contributed by atoms with Crippen LogP contribution in [0.4, 0.5) is 0 Å². The zero-order chi connectivity index (χ0) is 18.9.